The first-order valence-electron chi connectivity index (χ1n) is 8.65. The molecule has 1 saturated heterocycles. The third-order valence-electron chi connectivity index (χ3n) is 5.12. The lowest BCUT2D eigenvalue weighted by Crippen LogP contribution is -2.40. The van der Waals surface area contributed by atoms with Gasteiger partial charge in [0, 0.05) is 42.4 Å². The second-order valence-corrected chi connectivity index (χ2v) is 6.98. The van der Waals surface area contributed by atoms with Gasteiger partial charge in [-0.05, 0) is 43.9 Å². The molecule has 2 heterocycles. The van der Waals surface area contributed by atoms with Crippen LogP contribution in [0.5, 0.6) is 0 Å². The van der Waals surface area contributed by atoms with E-state index in [9.17, 15) is 13.2 Å². The summed E-state index contributed by atoms with van der Waals surface area (Å²) in [5, 5.41) is 4.43. The Labute approximate surface area is 139 Å². The largest absolute Gasteiger partial charge is 0.406 e. The second kappa shape index (κ2) is 5.99. The Kier molecular flexibility index (Phi) is 3.95. The highest BCUT2D eigenvalue weighted by atomic mass is 19.4. The molecule has 0 spiro atoms. The van der Waals surface area contributed by atoms with Crippen LogP contribution in [0.15, 0.2) is 30.5 Å². The number of fused-ring (bicyclic) bond motifs is 1. The highest BCUT2D eigenvalue weighted by Gasteiger charge is 2.32. The van der Waals surface area contributed by atoms with Gasteiger partial charge in [0.15, 0.2) is 0 Å². The van der Waals surface area contributed by atoms with Crippen LogP contribution in [0.25, 0.3) is 10.9 Å². The Bertz CT molecular complexity index is 710. The molecule has 0 bridgehead atoms. The minimum atomic E-state index is -4.20. The topological polar surface area (TPSA) is 20.2 Å². The molecule has 1 aromatic carbocycles. The minimum Gasteiger partial charge on any atom is -0.382 e. The number of nitrogens with zero attached hydrogens (tertiary/aromatic N) is 2. The van der Waals surface area contributed by atoms with Gasteiger partial charge in [-0.25, -0.2) is 0 Å². The standard InChI is InChI=1S/C18H22F3N3/c19-18(20,21)12-24-11-8-15-16(2-1-3-17(15)24)22-13-6-9-23(10-7-13)14-4-5-14/h1-3,8,11,13-14,22H,4-7,9-10,12H2. The summed E-state index contributed by atoms with van der Waals surface area (Å²) in [6.07, 6.45) is 2.19. The van der Waals surface area contributed by atoms with Crippen molar-refractivity contribution < 1.29 is 13.2 Å². The van der Waals surface area contributed by atoms with E-state index in [0.717, 1.165) is 43.0 Å². The highest BCUT2D eigenvalue weighted by molar-refractivity contribution is 5.92. The van der Waals surface area contributed by atoms with Crippen LogP contribution >= 0.6 is 0 Å². The lowest BCUT2D eigenvalue weighted by molar-refractivity contribution is -0.139. The summed E-state index contributed by atoms with van der Waals surface area (Å²) < 4.78 is 39.3. The molecule has 1 aliphatic heterocycles. The molecule has 2 fully saturated rings. The minimum absolute atomic E-state index is 0.400. The molecule has 0 amide bonds. The highest BCUT2D eigenvalue weighted by Crippen LogP contribution is 2.32. The van der Waals surface area contributed by atoms with Gasteiger partial charge in [0.25, 0.3) is 0 Å². The maximum atomic E-state index is 12.7. The number of hydrogen-bond donors (Lipinski definition) is 1. The summed E-state index contributed by atoms with van der Waals surface area (Å²) in [5.41, 5.74) is 1.58. The summed E-state index contributed by atoms with van der Waals surface area (Å²) in [6, 6.07) is 8.54. The van der Waals surface area contributed by atoms with E-state index < -0.39 is 12.7 Å². The SMILES string of the molecule is FC(F)(F)Cn1ccc2c(NC3CCN(C4CC4)CC3)cccc21. The predicted molar refractivity (Wildman–Crippen MR) is 89.2 cm³/mol. The number of anilines is 1. The van der Waals surface area contributed by atoms with Crippen LogP contribution in [0, 0.1) is 0 Å². The third-order valence-corrected chi connectivity index (χ3v) is 5.12. The van der Waals surface area contributed by atoms with E-state index in [1.807, 2.05) is 12.1 Å². The zero-order valence-corrected chi connectivity index (χ0v) is 13.5. The average Bonchev–Trinajstić information content (AvgIpc) is 3.30. The number of aromatic nitrogens is 1. The zero-order valence-electron chi connectivity index (χ0n) is 13.5. The predicted octanol–water partition coefficient (Wildman–Crippen LogP) is 4.24. The molecule has 24 heavy (non-hydrogen) atoms. The molecule has 1 N–H and O–H groups in total. The maximum absolute atomic E-state index is 12.7. The summed E-state index contributed by atoms with van der Waals surface area (Å²) in [6.45, 7) is 1.29. The lowest BCUT2D eigenvalue weighted by Gasteiger charge is -2.33. The quantitative estimate of drug-likeness (QED) is 0.900. The summed E-state index contributed by atoms with van der Waals surface area (Å²) in [4.78, 5) is 2.57. The monoisotopic (exact) mass is 337 g/mol. The molecule has 3 nitrogen and oxygen atoms in total. The zero-order chi connectivity index (χ0) is 16.7. The molecule has 1 saturated carbocycles. The molecular formula is C18H22F3N3. The van der Waals surface area contributed by atoms with Crippen molar-refractivity contribution in [3.05, 3.63) is 30.5 Å². The van der Waals surface area contributed by atoms with Crippen molar-refractivity contribution in [2.24, 2.45) is 0 Å². The number of nitrogens with one attached hydrogen (secondary N) is 1. The Morgan fingerprint density at radius 1 is 1.04 bits per heavy atom. The molecule has 1 aromatic heterocycles. The van der Waals surface area contributed by atoms with E-state index in [0.29, 0.717) is 11.6 Å². The Morgan fingerprint density at radius 2 is 1.79 bits per heavy atom. The molecule has 0 radical (unpaired) electrons. The Hall–Kier alpha value is -1.69. The van der Waals surface area contributed by atoms with E-state index >= 15 is 0 Å². The fourth-order valence-electron chi connectivity index (χ4n) is 3.75. The van der Waals surface area contributed by atoms with Crippen LogP contribution in [0.3, 0.4) is 0 Å². The van der Waals surface area contributed by atoms with Crippen molar-refractivity contribution in [2.75, 3.05) is 18.4 Å². The van der Waals surface area contributed by atoms with Gasteiger partial charge in [0.05, 0.1) is 5.52 Å². The molecule has 0 unspecified atom stereocenters. The van der Waals surface area contributed by atoms with E-state index in [2.05, 4.69) is 10.2 Å². The van der Waals surface area contributed by atoms with Crippen molar-refractivity contribution in [3.8, 4) is 0 Å². The number of halogens is 3. The Balaban J connectivity index is 1.48. The summed E-state index contributed by atoms with van der Waals surface area (Å²) in [7, 11) is 0. The molecule has 4 rings (SSSR count). The molecule has 130 valence electrons. The average molecular weight is 337 g/mol. The van der Waals surface area contributed by atoms with Crippen molar-refractivity contribution in [1.29, 1.82) is 0 Å². The van der Waals surface area contributed by atoms with Crippen LogP contribution in [0.1, 0.15) is 25.7 Å². The number of piperidine rings is 1. The summed E-state index contributed by atoms with van der Waals surface area (Å²) in [5.74, 6) is 0. The van der Waals surface area contributed by atoms with Crippen LogP contribution in [-0.2, 0) is 6.54 Å². The molecule has 2 aromatic rings. The summed E-state index contributed by atoms with van der Waals surface area (Å²) >= 11 is 0. The van der Waals surface area contributed by atoms with Gasteiger partial charge in [0.2, 0.25) is 0 Å². The van der Waals surface area contributed by atoms with Gasteiger partial charge in [-0.1, -0.05) is 6.07 Å². The van der Waals surface area contributed by atoms with E-state index in [1.165, 1.54) is 23.6 Å². The van der Waals surface area contributed by atoms with Crippen LogP contribution in [0.2, 0.25) is 0 Å². The van der Waals surface area contributed by atoms with Gasteiger partial charge in [-0.2, -0.15) is 13.2 Å². The fourth-order valence-corrected chi connectivity index (χ4v) is 3.75. The van der Waals surface area contributed by atoms with Gasteiger partial charge in [0.1, 0.15) is 6.54 Å². The van der Waals surface area contributed by atoms with E-state index in [1.54, 1.807) is 12.1 Å². The molecular weight excluding hydrogens is 315 g/mol. The van der Waals surface area contributed by atoms with Crippen molar-refractivity contribution in [1.82, 2.24) is 9.47 Å². The number of alkyl halides is 3. The molecule has 6 heteroatoms. The first kappa shape index (κ1) is 15.8. The third kappa shape index (κ3) is 3.38. The lowest BCUT2D eigenvalue weighted by atomic mass is 10.0. The van der Waals surface area contributed by atoms with Crippen molar-refractivity contribution >= 4 is 16.6 Å². The number of hydrogen-bond acceptors (Lipinski definition) is 2. The smallest absolute Gasteiger partial charge is 0.382 e. The first-order valence-corrected chi connectivity index (χ1v) is 8.65. The molecule has 2 aliphatic rings. The van der Waals surface area contributed by atoms with Gasteiger partial charge < -0.3 is 14.8 Å². The van der Waals surface area contributed by atoms with Crippen molar-refractivity contribution in [2.45, 2.75) is 50.5 Å². The molecule has 0 atom stereocenters. The van der Waals surface area contributed by atoms with E-state index in [-0.39, 0.29) is 0 Å². The van der Waals surface area contributed by atoms with Crippen LogP contribution < -0.4 is 5.32 Å². The van der Waals surface area contributed by atoms with E-state index in [4.69, 9.17) is 0 Å². The normalized spacial score (nSPS) is 20.6. The van der Waals surface area contributed by atoms with Crippen molar-refractivity contribution in [3.63, 3.8) is 0 Å². The number of benzene rings is 1. The first-order chi connectivity index (χ1) is 11.5. The number of likely N-dealkylation sites (tertiary alicyclic amines) is 1. The van der Waals surface area contributed by atoms with Gasteiger partial charge in [-0.15, -0.1) is 0 Å². The number of rotatable bonds is 4. The Morgan fingerprint density at radius 3 is 2.46 bits per heavy atom. The van der Waals surface area contributed by atoms with Crippen LogP contribution in [-0.4, -0.2) is 40.8 Å². The van der Waals surface area contributed by atoms with Crippen LogP contribution in [0.4, 0.5) is 18.9 Å². The molecule has 1 aliphatic carbocycles. The van der Waals surface area contributed by atoms with Gasteiger partial charge in [-0.3, -0.25) is 0 Å². The fraction of sp³-hybridized carbons (Fsp3) is 0.556. The van der Waals surface area contributed by atoms with Gasteiger partial charge >= 0.3 is 6.18 Å². The second-order valence-electron chi connectivity index (χ2n) is 6.98. The maximum Gasteiger partial charge on any atom is 0.406 e.